The van der Waals surface area contributed by atoms with Crippen LogP contribution in [0, 0.1) is 5.92 Å². The van der Waals surface area contributed by atoms with E-state index in [4.69, 9.17) is 14.3 Å². The zero-order valence-electron chi connectivity index (χ0n) is 21.9. The lowest BCUT2D eigenvalue weighted by Gasteiger charge is -2.29. The number of amides is 2. The highest BCUT2D eigenvalue weighted by Gasteiger charge is 2.60. The third-order valence-electron chi connectivity index (χ3n) is 7.19. The van der Waals surface area contributed by atoms with Crippen LogP contribution in [0.2, 0.25) is 0 Å². The van der Waals surface area contributed by atoms with E-state index in [-0.39, 0.29) is 11.8 Å². The van der Waals surface area contributed by atoms with Gasteiger partial charge in [0.05, 0.1) is 30.6 Å². The van der Waals surface area contributed by atoms with Crippen LogP contribution < -0.4 is 19.4 Å². The summed E-state index contributed by atoms with van der Waals surface area (Å²) in [4.78, 5) is 35.4. The predicted molar refractivity (Wildman–Crippen MR) is 150 cm³/mol. The van der Waals surface area contributed by atoms with Crippen molar-refractivity contribution < 1.29 is 23.9 Å². The lowest BCUT2D eigenvalue weighted by atomic mass is 9.90. The summed E-state index contributed by atoms with van der Waals surface area (Å²) >= 11 is 0. The van der Waals surface area contributed by atoms with E-state index in [1.54, 1.807) is 5.06 Å². The van der Waals surface area contributed by atoms with Crippen molar-refractivity contribution in [3.8, 4) is 11.5 Å². The Kier molecular flexibility index (Phi) is 6.67. The number of para-hydroxylation sites is 1. The molecule has 3 atom stereocenters. The van der Waals surface area contributed by atoms with Crippen LogP contribution >= 0.6 is 0 Å². The Labute approximate surface area is 227 Å². The number of ether oxygens (including phenoxy) is 2. The van der Waals surface area contributed by atoms with E-state index in [9.17, 15) is 9.59 Å². The number of carbonyl (C=O) groups excluding carboxylic acids is 2. The van der Waals surface area contributed by atoms with Gasteiger partial charge in [0.1, 0.15) is 5.92 Å². The van der Waals surface area contributed by atoms with Crippen molar-refractivity contribution in [1.82, 2.24) is 0 Å². The van der Waals surface area contributed by atoms with Gasteiger partial charge in [-0.1, -0.05) is 61.5 Å². The smallest absolute Gasteiger partial charge is 0.266 e. The minimum atomic E-state index is -0.944. The van der Waals surface area contributed by atoms with Gasteiger partial charge in [0.2, 0.25) is 5.91 Å². The topological polar surface area (TPSA) is 68.3 Å². The first-order valence-electron chi connectivity index (χ1n) is 13.4. The molecule has 0 saturated carbocycles. The number of hydroxylamine groups is 1. The first-order chi connectivity index (χ1) is 19.1. The number of hydrogen-bond donors (Lipinski definition) is 0. The molecule has 2 fully saturated rings. The Morgan fingerprint density at radius 1 is 0.744 bits per heavy atom. The molecule has 7 nitrogen and oxygen atoms in total. The molecule has 2 aliphatic heterocycles. The van der Waals surface area contributed by atoms with E-state index < -0.39 is 18.1 Å². The third-order valence-corrected chi connectivity index (χ3v) is 7.19. The number of benzene rings is 4. The lowest BCUT2D eigenvalue weighted by molar-refractivity contribution is -0.126. The maximum atomic E-state index is 14.1. The molecule has 0 unspecified atom stereocenters. The summed E-state index contributed by atoms with van der Waals surface area (Å²) < 4.78 is 11.8. The van der Waals surface area contributed by atoms with Gasteiger partial charge >= 0.3 is 0 Å². The number of carbonyl (C=O) groups is 2. The molecular formula is C32H30N2O5. The highest BCUT2D eigenvalue weighted by Crippen LogP contribution is 2.49. The molecule has 2 heterocycles. The van der Waals surface area contributed by atoms with Gasteiger partial charge in [-0.2, -0.15) is 0 Å². The number of anilines is 2. The van der Waals surface area contributed by atoms with Crippen LogP contribution in [0.25, 0.3) is 10.8 Å². The molecule has 4 aromatic carbocycles. The second kappa shape index (κ2) is 10.4. The average molecular weight is 523 g/mol. The van der Waals surface area contributed by atoms with Crippen molar-refractivity contribution >= 4 is 34.0 Å². The first-order valence-corrected chi connectivity index (χ1v) is 13.4. The van der Waals surface area contributed by atoms with Crippen molar-refractivity contribution in [2.75, 3.05) is 23.2 Å². The molecule has 0 spiro atoms. The van der Waals surface area contributed by atoms with Crippen LogP contribution in [0.4, 0.5) is 11.4 Å². The molecule has 0 aliphatic carbocycles. The summed E-state index contributed by atoms with van der Waals surface area (Å²) in [5.74, 6) is -0.135. The predicted octanol–water partition coefficient (Wildman–Crippen LogP) is 6.08. The molecule has 0 bridgehead atoms. The van der Waals surface area contributed by atoms with Gasteiger partial charge in [0, 0.05) is 0 Å². The van der Waals surface area contributed by atoms with Crippen molar-refractivity contribution in [3.05, 3.63) is 96.6 Å². The van der Waals surface area contributed by atoms with E-state index in [0.29, 0.717) is 30.4 Å². The highest BCUT2D eigenvalue weighted by molar-refractivity contribution is 6.24. The van der Waals surface area contributed by atoms with Crippen LogP contribution in [0.3, 0.4) is 0 Å². The Bertz CT molecular complexity index is 1520. The average Bonchev–Trinajstić information content (AvgIpc) is 3.48. The highest BCUT2D eigenvalue weighted by atomic mass is 16.7. The van der Waals surface area contributed by atoms with Crippen LogP contribution in [-0.4, -0.2) is 31.1 Å². The fourth-order valence-electron chi connectivity index (χ4n) is 5.43. The minimum Gasteiger partial charge on any atom is -0.490 e. The summed E-state index contributed by atoms with van der Waals surface area (Å²) in [7, 11) is 0. The molecule has 2 saturated heterocycles. The second-order valence-corrected chi connectivity index (χ2v) is 9.69. The summed E-state index contributed by atoms with van der Waals surface area (Å²) in [6, 6.07) is 28.2. The van der Waals surface area contributed by atoms with E-state index in [0.717, 1.165) is 28.4 Å². The third kappa shape index (κ3) is 4.38. The molecule has 4 aromatic rings. The molecule has 198 valence electrons. The van der Waals surface area contributed by atoms with Crippen LogP contribution in [0.1, 0.15) is 31.9 Å². The zero-order chi connectivity index (χ0) is 26.9. The molecule has 7 heteroatoms. The molecule has 0 aromatic heterocycles. The molecule has 0 radical (unpaired) electrons. The number of hydrogen-bond acceptors (Lipinski definition) is 6. The maximum absolute atomic E-state index is 14.1. The van der Waals surface area contributed by atoms with E-state index in [2.05, 4.69) is 0 Å². The Morgan fingerprint density at radius 2 is 1.51 bits per heavy atom. The number of nitrogens with zero attached hydrogens (tertiary/aromatic N) is 2. The largest absolute Gasteiger partial charge is 0.490 e. The fourth-order valence-corrected chi connectivity index (χ4v) is 5.43. The van der Waals surface area contributed by atoms with Crippen LogP contribution in [-0.2, 0) is 14.4 Å². The van der Waals surface area contributed by atoms with Gasteiger partial charge in [-0.15, -0.1) is 0 Å². The van der Waals surface area contributed by atoms with Gasteiger partial charge in [0.25, 0.3) is 5.91 Å². The SMILES string of the molecule is CCCOc1ccc([C@H]2[C@H]3C(=O)N(c4ccc5ccccc5c4)C(=O)[C@H]3ON2c2ccccc2)cc1OCC. The van der Waals surface area contributed by atoms with Crippen molar-refractivity contribution in [3.63, 3.8) is 0 Å². The van der Waals surface area contributed by atoms with Gasteiger partial charge in [-0.05, 0) is 66.1 Å². The molecule has 2 aliphatic rings. The van der Waals surface area contributed by atoms with Crippen LogP contribution in [0.5, 0.6) is 11.5 Å². The van der Waals surface area contributed by atoms with E-state index in [1.807, 2.05) is 105 Å². The summed E-state index contributed by atoms with van der Waals surface area (Å²) in [5, 5.41) is 3.69. The fraction of sp³-hybridized carbons (Fsp3) is 0.250. The Balaban J connectivity index is 1.42. The molecular weight excluding hydrogens is 492 g/mol. The van der Waals surface area contributed by atoms with E-state index in [1.165, 1.54) is 4.90 Å². The van der Waals surface area contributed by atoms with E-state index >= 15 is 0 Å². The van der Waals surface area contributed by atoms with Crippen molar-refractivity contribution in [2.24, 2.45) is 5.92 Å². The van der Waals surface area contributed by atoms with Gasteiger partial charge in [-0.3, -0.25) is 14.4 Å². The monoisotopic (exact) mass is 522 g/mol. The molecule has 6 rings (SSSR count). The number of imide groups is 1. The second-order valence-electron chi connectivity index (χ2n) is 9.69. The maximum Gasteiger partial charge on any atom is 0.266 e. The minimum absolute atomic E-state index is 0.284. The van der Waals surface area contributed by atoms with Gasteiger partial charge in [0.15, 0.2) is 17.6 Å². The standard InChI is InChI=1S/C32H30N2O5/c1-3-18-38-26-17-15-23(20-27(26)37-4-2)29-28-30(39-34(29)24-12-6-5-7-13-24)32(36)33(31(28)35)25-16-14-21-10-8-9-11-22(21)19-25/h5-17,19-20,28-30H,3-4,18H2,1-2H3/t28-,29+,30+/m1/s1. The Morgan fingerprint density at radius 3 is 2.28 bits per heavy atom. The lowest BCUT2D eigenvalue weighted by Crippen LogP contribution is -2.37. The molecule has 39 heavy (non-hydrogen) atoms. The summed E-state index contributed by atoms with van der Waals surface area (Å²) in [5.41, 5.74) is 2.12. The van der Waals surface area contributed by atoms with Gasteiger partial charge in [-0.25, -0.2) is 9.96 Å². The number of fused-ring (bicyclic) bond motifs is 2. The first kappa shape index (κ1) is 24.9. The molecule has 0 N–H and O–H groups in total. The molecule has 2 amide bonds. The quantitative estimate of drug-likeness (QED) is 0.261. The summed E-state index contributed by atoms with van der Waals surface area (Å²) in [6.07, 6.45) is -0.0722. The van der Waals surface area contributed by atoms with Crippen molar-refractivity contribution in [1.29, 1.82) is 0 Å². The Hall–Kier alpha value is -4.36. The van der Waals surface area contributed by atoms with Crippen molar-refractivity contribution in [2.45, 2.75) is 32.4 Å². The van der Waals surface area contributed by atoms with Crippen LogP contribution in [0.15, 0.2) is 91.0 Å². The number of rotatable bonds is 8. The zero-order valence-corrected chi connectivity index (χ0v) is 21.9. The normalized spacial score (nSPS) is 20.5. The summed E-state index contributed by atoms with van der Waals surface area (Å²) in [6.45, 7) is 5.00. The van der Waals surface area contributed by atoms with Gasteiger partial charge < -0.3 is 9.47 Å².